The highest BCUT2D eigenvalue weighted by Gasteiger charge is 2.09. The third-order valence-corrected chi connectivity index (χ3v) is 2.45. The van der Waals surface area contributed by atoms with Crippen molar-refractivity contribution in [2.24, 2.45) is 0 Å². The summed E-state index contributed by atoms with van der Waals surface area (Å²) in [5.74, 6) is 5.24. The SMILES string of the molecule is CC#CCCNc1cc(C(=O)O)c(Br)cn1. The summed E-state index contributed by atoms with van der Waals surface area (Å²) in [5, 5.41) is 11.9. The third kappa shape index (κ3) is 3.55. The number of carboxylic acid groups (broad SMARTS) is 1. The summed E-state index contributed by atoms with van der Waals surface area (Å²) in [6.45, 7) is 2.43. The Hall–Kier alpha value is -1.54. The van der Waals surface area contributed by atoms with Crippen molar-refractivity contribution in [1.82, 2.24) is 4.98 Å². The summed E-state index contributed by atoms with van der Waals surface area (Å²) in [4.78, 5) is 14.9. The largest absolute Gasteiger partial charge is 0.478 e. The van der Waals surface area contributed by atoms with Crippen LogP contribution in [-0.4, -0.2) is 22.6 Å². The highest BCUT2D eigenvalue weighted by Crippen LogP contribution is 2.18. The van der Waals surface area contributed by atoms with Crippen LogP contribution in [0.3, 0.4) is 0 Å². The van der Waals surface area contributed by atoms with Gasteiger partial charge in [-0.25, -0.2) is 9.78 Å². The monoisotopic (exact) mass is 282 g/mol. The predicted molar refractivity (Wildman–Crippen MR) is 65.5 cm³/mol. The zero-order valence-corrected chi connectivity index (χ0v) is 10.3. The summed E-state index contributed by atoms with van der Waals surface area (Å²) in [7, 11) is 0. The van der Waals surface area contributed by atoms with E-state index in [0.717, 1.165) is 0 Å². The molecule has 0 saturated heterocycles. The van der Waals surface area contributed by atoms with E-state index in [4.69, 9.17) is 5.11 Å². The van der Waals surface area contributed by atoms with Crippen LogP contribution in [0, 0.1) is 11.8 Å². The topological polar surface area (TPSA) is 62.2 Å². The first-order valence-electron chi connectivity index (χ1n) is 4.67. The van der Waals surface area contributed by atoms with E-state index >= 15 is 0 Å². The Morgan fingerprint density at radius 1 is 1.69 bits per heavy atom. The number of aromatic nitrogens is 1. The van der Waals surface area contributed by atoms with Crippen LogP contribution >= 0.6 is 15.9 Å². The number of carboxylic acids is 1. The Kier molecular flexibility index (Phi) is 4.80. The molecule has 0 bridgehead atoms. The van der Waals surface area contributed by atoms with Gasteiger partial charge in [-0.1, -0.05) is 0 Å². The number of carbonyl (C=O) groups is 1. The molecule has 0 fully saturated rings. The lowest BCUT2D eigenvalue weighted by molar-refractivity contribution is 0.0696. The molecule has 1 aromatic heterocycles. The minimum Gasteiger partial charge on any atom is -0.478 e. The molecule has 0 aliphatic rings. The zero-order chi connectivity index (χ0) is 12.0. The second kappa shape index (κ2) is 6.13. The number of anilines is 1. The number of halogens is 1. The predicted octanol–water partition coefficient (Wildman–Crippen LogP) is 2.37. The average Bonchev–Trinajstić information content (AvgIpc) is 2.26. The van der Waals surface area contributed by atoms with Gasteiger partial charge < -0.3 is 10.4 Å². The molecule has 1 rings (SSSR count). The molecule has 1 aromatic rings. The fourth-order valence-corrected chi connectivity index (χ4v) is 1.46. The van der Waals surface area contributed by atoms with Crippen molar-refractivity contribution >= 4 is 27.7 Å². The van der Waals surface area contributed by atoms with Crippen molar-refractivity contribution in [1.29, 1.82) is 0 Å². The molecule has 0 unspecified atom stereocenters. The van der Waals surface area contributed by atoms with Crippen molar-refractivity contribution < 1.29 is 9.90 Å². The molecular weight excluding hydrogens is 272 g/mol. The van der Waals surface area contributed by atoms with Crippen molar-refractivity contribution in [2.45, 2.75) is 13.3 Å². The average molecular weight is 283 g/mol. The van der Waals surface area contributed by atoms with E-state index in [-0.39, 0.29) is 5.56 Å². The van der Waals surface area contributed by atoms with Crippen LogP contribution in [0.25, 0.3) is 0 Å². The maximum Gasteiger partial charge on any atom is 0.337 e. The second-order valence-corrected chi connectivity index (χ2v) is 3.81. The van der Waals surface area contributed by atoms with E-state index in [0.29, 0.717) is 23.3 Å². The molecule has 4 nitrogen and oxygen atoms in total. The number of aromatic carboxylic acids is 1. The summed E-state index contributed by atoms with van der Waals surface area (Å²) >= 11 is 3.13. The summed E-state index contributed by atoms with van der Waals surface area (Å²) in [6.07, 6.45) is 2.17. The molecule has 16 heavy (non-hydrogen) atoms. The molecule has 0 aliphatic carbocycles. The van der Waals surface area contributed by atoms with Gasteiger partial charge in [0.15, 0.2) is 0 Å². The third-order valence-electron chi connectivity index (χ3n) is 1.82. The Labute approximate surface area is 102 Å². The fraction of sp³-hybridized carbons (Fsp3) is 0.273. The van der Waals surface area contributed by atoms with Gasteiger partial charge in [0.2, 0.25) is 0 Å². The number of nitrogens with zero attached hydrogens (tertiary/aromatic N) is 1. The van der Waals surface area contributed by atoms with Gasteiger partial charge in [-0.3, -0.25) is 0 Å². The minimum atomic E-state index is -0.981. The Bertz CT molecular complexity index is 449. The minimum absolute atomic E-state index is 0.194. The number of rotatable bonds is 4. The van der Waals surface area contributed by atoms with Gasteiger partial charge in [-0.05, 0) is 28.9 Å². The van der Waals surface area contributed by atoms with Gasteiger partial charge >= 0.3 is 5.97 Å². The molecule has 0 spiro atoms. The van der Waals surface area contributed by atoms with Crippen LogP contribution in [0.2, 0.25) is 0 Å². The van der Waals surface area contributed by atoms with E-state index in [9.17, 15) is 4.79 Å². The van der Waals surface area contributed by atoms with Crippen LogP contribution in [-0.2, 0) is 0 Å². The van der Waals surface area contributed by atoms with Crippen LogP contribution in [0.4, 0.5) is 5.82 Å². The van der Waals surface area contributed by atoms with Crippen molar-refractivity contribution in [2.75, 3.05) is 11.9 Å². The first-order valence-corrected chi connectivity index (χ1v) is 5.46. The number of nitrogens with one attached hydrogen (secondary N) is 1. The number of hydrogen-bond acceptors (Lipinski definition) is 3. The van der Waals surface area contributed by atoms with Gasteiger partial charge in [-0.15, -0.1) is 11.8 Å². The van der Waals surface area contributed by atoms with Gasteiger partial charge in [0.05, 0.1) is 10.0 Å². The molecule has 0 radical (unpaired) electrons. The Morgan fingerprint density at radius 3 is 3.06 bits per heavy atom. The normalized spacial score (nSPS) is 9.12. The molecule has 0 aromatic carbocycles. The summed E-state index contributed by atoms with van der Waals surface area (Å²) < 4.78 is 0.471. The molecule has 5 heteroatoms. The molecule has 1 heterocycles. The van der Waals surface area contributed by atoms with Crippen molar-refractivity contribution in [3.8, 4) is 11.8 Å². The van der Waals surface area contributed by atoms with E-state index in [1.807, 2.05) is 0 Å². The van der Waals surface area contributed by atoms with Crippen LogP contribution in [0.5, 0.6) is 0 Å². The lowest BCUT2D eigenvalue weighted by Crippen LogP contribution is -2.05. The quantitative estimate of drug-likeness (QED) is 0.658. The molecule has 2 N–H and O–H groups in total. The Morgan fingerprint density at radius 2 is 2.44 bits per heavy atom. The van der Waals surface area contributed by atoms with E-state index in [1.54, 1.807) is 6.92 Å². The molecule has 0 amide bonds. The van der Waals surface area contributed by atoms with Crippen molar-refractivity contribution in [3.05, 3.63) is 22.3 Å². The number of hydrogen-bond donors (Lipinski definition) is 2. The van der Waals surface area contributed by atoms with E-state index < -0.39 is 5.97 Å². The van der Waals surface area contributed by atoms with Gasteiger partial charge in [-0.2, -0.15) is 0 Å². The standard InChI is InChI=1S/C11H11BrN2O2/c1-2-3-4-5-13-10-6-8(11(15)16)9(12)7-14-10/h6-7H,4-5H2,1H3,(H,13,14)(H,15,16). The zero-order valence-electron chi connectivity index (χ0n) is 8.75. The lowest BCUT2D eigenvalue weighted by atomic mass is 10.2. The van der Waals surface area contributed by atoms with E-state index in [1.165, 1.54) is 12.3 Å². The van der Waals surface area contributed by atoms with Crippen LogP contribution in [0.15, 0.2) is 16.7 Å². The molecular formula is C11H11BrN2O2. The van der Waals surface area contributed by atoms with Gasteiger partial charge in [0, 0.05) is 19.2 Å². The first kappa shape index (κ1) is 12.5. The summed E-state index contributed by atoms with van der Waals surface area (Å²) in [5.41, 5.74) is 0.194. The smallest absolute Gasteiger partial charge is 0.337 e. The maximum absolute atomic E-state index is 10.8. The highest BCUT2D eigenvalue weighted by atomic mass is 79.9. The fourth-order valence-electron chi connectivity index (χ4n) is 1.08. The highest BCUT2D eigenvalue weighted by molar-refractivity contribution is 9.10. The summed E-state index contributed by atoms with van der Waals surface area (Å²) in [6, 6.07) is 1.49. The molecule has 0 saturated carbocycles. The number of pyridine rings is 1. The van der Waals surface area contributed by atoms with E-state index in [2.05, 4.69) is 38.1 Å². The van der Waals surface area contributed by atoms with Crippen LogP contribution in [0.1, 0.15) is 23.7 Å². The van der Waals surface area contributed by atoms with Gasteiger partial charge in [0.25, 0.3) is 0 Å². The molecule has 84 valence electrons. The lowest BCUT2D eigenvalue weighted by Gasteiger charge is -2.05. The molecule has 0 aliphatic heterocycles. The second-order valence-electron chi connectivity index (χ2n) is 2.96. The maximum atomic E-state index is 10.8. The van der Waals surface area contributed by atoms with Crippen molar-refractivity contribution in [3.63, 3.8) is 0 Å². The Balaban J connectivity index is 2.70. The molecule has 0 atom stereocenters. The van der Waals surface area contributed by atoms with Gasteiger partial charge in [0.1, 0.15) is 5.82 Å². The first-order chi connectivity index (χ1) is 7.65. The van der Waals surface area contributed by atoms with Crippen LogP contribution < -0.4 is 5.32 Å².